The first kappa shape index (κ1) is 17.8. The predicted molar refractivity (Wildman–Crippen MR) is 93.5 cm³/mol. The zero-order valence-electron chi connectivity index (χ0n) is 13.3. The minimum Gasteiger partial charge on any atom is -0.497 e. The molecule has 0 aromatic heterocycles. The molecule has 0 aliphatic heterocycles. The SMILES string of the molecule is COc1ccc(CC(=O)NCCNC(=O)c2cccc(Cl)c2)cc1. The fourth-order valence-corrected chi connectivity index (χ4v) is 2.29. The Balaban J connectivity index is 1.69. The number of nitrogens with one attached hydrogen (secondary N) is 2. The molecule has 2 rings (SSSR count). The first-order valence-corrected chi connectivity index (χ1v) is 7.89. The van der Waals surface area contributed by atoms with Gasteiger partial charge in [0.1, 0.15) is 5.75 Å². The summed E-state index contributed by atoms with van der Waals surface area (Å²) in [6.07, 6.45) is 0.284. The molecule has 2 aromatic rings. The highest BCUT2D eigenvalue weighted by atomic mass is 35.5. The largest absolute Gasteiger partial charge is 0.497 e. The van der Waals surface area contributed by atoms with E-state index in [2.05, 4.69) is 10.6 Å². The van der Waals surface area contributed by atoms with E-state index in [4.69, 9.17) is 16.3 Å². The van der Waals surface area contributed by atoms with Crippen LogP contribution in [0.2, 0.25) is 5.02 Å². The van der Waals surface area contributed by atoms with E-state index in [1.165, 1.54) is 0 Å². The van der Waals surface area contributed by atoms with Crippen LogP contribution in [0.4, 0.5) is 0 Å². The number of ether oxygens (including phenoxy) is 1. The van der Waals surface area contributed by atoms with Gasteiger partial charge in [-0.05, 0) is 35.9 Å². The molecule has 0 unspecified atom stereocenters. The smallest absolute Gasteiger partial charge is 0.251 e. The summed E-state index contributed by atoms with van der Waals surface area (Å²) in [7, 11) is 1.60. The molecule has 0 saturated heterocycles. The lowest BCUT2D eigenvalue weighted by Gasteiger charge is -2.08. The molecule has 0 aliphatic carbocycles. The highest BCUT2D eigenvalue weighted by Gasteiger charge is 2.06. The third-order valence-corrected chi connectivity index (χ3v) is 3.58. The van der Waals surface area contributed by atoms with Crippen LogP contribution in [0.25, 0.3) is 0 Å². The van der Waals surface area contributed by atoms with Crippen molar-refractivity contribution in [3.8, 4) is 5.75 Å². The average Bonchev–Trinajstić information content (AvgIpc) is 2.59. The molecule has 0 heterocycles. The summed E-state index contributed by atoms with van der Waals surface area (Å²) < 4.78 is 5.07. The number of hydrogen-bond acceptors (Lipinski definition) is 3. The molecular formula is C18H19ClN2O3. The molecule has 24 heavy (non-hydrogen) atoms. The van der Waals surface area contributed by atoms with Crippen molar-refractivity contribution in [2.75, 3.05) is 20.2 Å². The molecule has 2 N–H and O–H groups in total. The van der Waals surface area contributed by atoms with Gasteiger partial charge in [-0.1, -0.05) is 29.8 Å². The molecule has 0 aliphatic rings. The van der Waals surface area contributed by atoms with E-state index in [0.29, 0.717) is 23.7 Å². The zero-order chi connectivity index (χ0) is 17.4. The van der Waals surface area contributed by atoms with Crippen molar-refractivity contribution in [2.45, 2.75) is 6.42 Å². The van der Waals surface area contributed by atoms with Gasteiger partial charge in [0.25, 0.3) is 5.91 Å². The van der Waals surface area contributed by atoms with E-state index in [9.17, 15) is 9.59 Å². The van der Waals surface area contributed by atoms with Crippen LogP contribution in [-0.4, -0.2) is 32.0 Å². The number of benzene rings is 2. The Kier molecular flexibility index (Phi) is 6.63. The lowest BCUT2D eigenvalue weighted by Crippen LogP contribution is -2.35. The van der Waals surface area contributed by atoms with Crippen LogP contribution >= 0.6 is 11.6 Å². The summed E-state index contributed by atoms with van der Waals surface area (Å²) in [5, 5.41) is 6.01. The van der Waals surface area contributed by atoms with Crippen molar-refractivity contribution >= 4 is 23.4 Å². The Bertz CT molecular complexity index is 702. The van der Waals surface area contributed by atoms with Gasteiger partial charge in [-0.3, -0.25) is 9.59 Å². The van der Waals surface area contributed by atoms with E-state index in [1.807, 2.05) is 24.3 Å². The topological polar surface area (TPSA) is 67.4 Å². The van der Waals surface area contributed by atoms with Crippen LogP contribution in [0, 0.1) is 0 Å². The molecule has 6 heteroatoms. The zero-order valence-corrected chi connectivity index (χ0v) is 14.1. The Morgan fingerprint density at radius 2 is 1.75 bits per heavy atom. The molecule has 5 nitrogen and oxygen atoms in total. The highest BCUT2D eigenvalue weighted by Crippen LogP contribution is 2.11. The van der Waals surface area contributed by atoms with Gasteiger partial charge in [-0.25, -0.2) is 0 Å². The van der Waals surface area contributed by atoms with Crippen LogP contribution < -0.4 is 15.4 Å². The summed E-state index contributed by atoms with van der Waals surface area (Å²) in [6, 6.07) is 14.0. The third kappa shape index (κ3) is 5.59. The van der Waals surface area contributed by atoms with Crippen LogP contribution in [0.5, 0.6) is 5.75 Å². The van der Waals surface area contributed by atoms with Crippen LogP contribution in [0.3, 0.4) is 0 Å². The molecule has 0 fully saturated rings. The number of amides is 2. The van der Waals surface area contributed by atoms with Crippen molar-refractivity contribution in [1.29, 1.82) is 0 Å². The Labute approximate surface area is 146 Å². The first-order valence-electron chi connectivity index (χ1n) is 7.52. The van der Waals surface area contributed by atoms with Crippen molar-refractivity contribution in [3.05, 3.63) is 64.7 Å². The van der Waals surface area contributed by atoms with Crippen LogP contribution in [0.1, 0.15) is 15.9 Å². The predicted octanol–water partition coefficient (Wildman–Crippen LogP) is 2.44. The number of carbonyl (C=O) groups excluding carboxylic acids is 2. The van der Waals surface area contributed by atoms with Crippen molar-refractivity contribution < 1.29 is 14.3 Å². The normalized spacial score (nSPS) is 10.1. The number of hydrogen-bond donors (Lipinski definition) is 2. The van der Waals surface area contributed by atoms with Gasteiger partial charge < -0.3 is 15.4 Å². The van der Waals surface area contributed by atoms with Gasteiger partial charge in [0.2, 0.25) is 5.91 Å². The second-order valence-corrected chi connectivity index (χ2v) is 5.58. The quantitative estimate of drug-likeness (QED) is 0.757. The van der Waals surface area contributed by atoms with E-state index < -0.39 is 0 Å². The highest BCUT2D eigenvalue weighted by molar-refractivity contribution is 6.30. The molecule has 0 atom stereocenters. The fraction of sp³-hybridized carbons (Fsp3) is 0.222. The lowest BCUT2D eigenvalue weighted by molar-refractivity contribution is -0.120. The molecule has 2 aromatic carbocycles. The van der Waals surface area contributed by atoms with Gasteiger partial charge in [0.05, 0.1) is 13.5 Å². The maximum absolute atomic E-state index is 11.9. The molecule has 0 saturated carbocycles. The van der Waals surface area contributed by atoms with Gasteiger partial charge in [0, 0.05) is 23.7 Å². The van der Waals surface area contributed by atoms with Crippen LogP contribution in [-0.2, 0) is 11.2 Å². The van der Waals surface area contributed by atoms with E-state index in [1.54, 1.807) is 31.4 Å². The molecule has 0 radical (unpaired) electrons. The van der Waals surface area contributed by atoms with Crippen molar-refractivity contribution in [2.24, 2.45) is 0 Å². The maximum atomic E-state index is 11.9. The van der Waals surface area contributed by atoms with Gasteiger partial charge in [-0.2, -0.15) is 0 Å². The Morgan fingerprint density at radius 3 is 2.42 bits per heavy atom. The van der Waals surface area contributed by atoms with E-state index in [0.717, 1.165) is 11.3 Å². The Hall–Kier alpha value is -2.53. The number of halogens is 1. The summed E-state index contributed by atoms with van der Waals surface area (Å²) >= 11 is 5.84. The minimum absolute atomic E-state index is 0.0998. The fourth-order valence-electron chi connectivity index (χ4n) is 2.10. The lowest BCUT2D eigenvalue weighted by atomic mass is 10.1. The standard InChI is InChI=1S/C18H19ClN2O3/c1-24-16-7-5-13(6-8-16)11-17(22)20-9-10-21-18(23)14-3-2-4-15(19)12-14/h2-8,12H,9-11H2,1H3,(H,20,22)(H,21,23). The molecule has 0 spiro atoms. The molecule has 2 amide bonds. The maximum Gasteiger partial charge on any atom is 0.251 e. The summed E-state index contributed by atoms with van der Waals surface area (Å²) in [6.45, 7) is 0.709. The average molecular weight is 347 g/mol. The second kappa shape index (κ2) is 8.93. The third-order valence-electron chi connectivity index (χ3n) is 3.34. The van der Waals surface area contributed by atoms with Gasteiger partial charge >= 0.3 is 0 Å². The first-order chi connectivity index (χ1) is 11.6. The van der Waals surface area contributed by atoms with Crippen molar-refractivity contribution in [1.82, 2.24) is 10.6 Å². The number of rotatable bonds is 7. The Morgan fingerprint density at radius 1 is 1.04 bits per heavy atom. The van der Waals surface area contributed by atoms with E-state index in [-0.39, 0.29) is 18.2 Å². The van der Waals surface area contributed by atoms with Crippen LogP contribution in [0.15, 0.2) is 48.5 Å². The van der Waals surface area contributed by atoms with Gasteiger partial charge in [0.15, 0.2) is 0 Å². The summed E-state index contributed by atoms with van der Waals surface area (Å²) in [4.78, 5) is 23.8. The number of carbonyl (C=O) groups is 2. The van der Waals surface area contributed by atoms with Gasteiger partial charge in [-0.15, -0.1) is 0 Å². The summed E-state index contributed by atoms with van der Waals surface area (Å²) in [5.74, 6) is 0.432. The summed E-state index contributed by atoms with van der Waals surface area (Å²) in [5.41, 5.74) is 1.39. The van der Waals surface area contributed by atoms with E-state index >= 15 is 0 Å². The molecular weight excluding hydrogens is 328 g/mol. The molecule has 0 bridgehead atoms. The number of methoxy groups -OCH3 is 1. The molecule has 126 valence electrons. The minimum atomic E-state index is -0.220. The monoisotopic (exact) mass is 346 g/mol. The van der Waals surface area contributed by atoms with Crippen molar-refractivity contribution in [3.63, 3.8) is 0 Å². The second-order valence-electron chi connectivity index (χ2n) is 5.14.